The number of hydrogen-bond donors (Lipinski definition) is 0. The molecule has 1 unspecified atom stereocenters. The van der Waals surface area contributed by atoms with Crippen LogP contribution >= 0.6 is 0 Å². The molecule has 0 aliphatic heterocycles. The van der Waals surface area contributed by atoms with Gasteiger partial charge in [0, 0.05) is 6.42 Å². The van der Waals surface area contributed by atoms with Gasteiger partial charge in [0.2, 0.25) is 0 Å². The van der Waals surface area contributed by atoms with Gasteiger partial charge in [0.25, 0.3) is 5.92 Å². The molecular formula is C13H8F8O2. The molecule has 0 radical (unpaired) electrons. The SMILES string of the molecule is COC(=O)c1cc(C(F)(F)F)cc(C2(C(F)(F)F)CC2(F)F)c1. The lowest BCUT2D eigenvalue weighted by atomic mass is 9.91. The molecule has 1 aliphatic rings. The maximum absolute atomic E-state index is 13.4. The van der Waals surface area contributed by atoms with Crippen molar-refractivity contribution in [3.05, 3.63) is 34.9 Å². The molecule has 0 bridgehead atoms. The minimum Gasteiger partial charge on any atom is -0.465 e. The first-order chi connectivity index (χ1) is 10.3. The predicted molar refractivity (Wildman–Crippen MR) is 60.1 cm³/mol. The van der Waals surface area contributed by atoms with Crippen LogP contribution in [0.2, 0.25) is 0 Å². The summed E-state index contributed by atoms with van der Waals surface area (Å²) in [6, 6.07) is 0.593. The van der Waals surface area contributed by atoms with E-state index in [0.717, 1.165) is 7.11 Å². The fraction of sp³-hybridized carbons (Fsp3) is 0.462. The van der Waals surface area contributed by atoms with E-state index in [9.17, 15) is 39.9 Å². The molecule has 1 aromatic carbocycles. The molecule has 0 N–H and O–H groups in total. The Kier molecular flexibility index (Phi) is 3.66. The molecule has 1 aromatic rings. The van der Waals surface area contributed by atoms with Crippen LogP contribution in [0.4, 0.5) is 35.1 Å². The molecule has 0 spiro atoms. The maximum atomic E-state index is 13.4. The molecule has 2 rings (SSSR count). The van der Waals surface area contributed by atoms with Crippen molar-refractivity contribution < 1.29 is 44.7 Å². The van der Waals surface area contributed by atoms with E-state index in [4.69, 9.17) is 0 Å². The number of hydrogen-bond acceptors (Lipinski definition) is 2. The van der Waals surface area contributed by atoms with Crippen molar-refractivity contribution in [2.45, 2.75) is 30.1 Å². The number of carbonyl (C=O) groups excluding carboxylic acids is 1. The summed E-state index contributed by atoms with van der Waals surface area (Å²) < 4.78 is 108. The van der Waals surface area contributed by atoms with Crippen LogP contribution in [-0.2, 0) is 16.3 Å². The summed E-state index contributed by atoms with van der Waals surface area (Å²) in [7, 11) is 0.799. The summed E-state index contributed by atoms with van der Waals surface area (Å²) in [5, 5.41) is 0. The topological polar surface area (TPSA) is 26.3 Å². The lowest BCUT2D eigenvalue weighted by Crippen LogP contribution is -2.35. The molecule has 23 heavy (non-hydrogen) atoms. The van der Waals surface area contributed by atoms with Crippen molar-refractivity contribution in [2.24, 2.45) is 0 Å². The van der Waals surface area contributed by atoms with E-state index in [1.807, 2.05) is 0 Å². The molecule has 128 valence electrons. The summed E-state index contributed by atoms with van der Waals surface area (Å²) in [4.78, 5) is 11.3. The van der Waals surface area contributed by atoms with Crippen LogP contribution in [0, 0.1) is 0 Å². The standard InChI is InChI=1S/C13H8F8O2/c1-23-9(22)6-2-7(4-8(3-6)12(16,17)18)10(13(19,20)21)5-11(10,14)15/h2-4H,5H2,1H3. The van der Waals surface area contributed by atoms with Gasteiger partial charge in [-0.25, -0.2) is 13.6 Å². The minimum atomic E-state index is -5.48. The van der Waals surface area contributed by atoms with E-state index < -0.39 is 52.8 Å². The highest BCUT2D eigenvalue weighted by atomic mass is 19.4. The Morgan fingerprint density at radius 3 is 1.96 bits per heavy atom. The van der Waals surface area contributed by atoms with Crippen molar-refractivity contribution in [3.8, 4) is 0 Å². The number of halogens is 8. The molecule has 1 aliphatic carbocycles. The van der Waals surface area contributed by atoms with Gasteiger partial charge >= 0.3 is 18.3 Å². The van der Waals surface area contributed by atoms with Crippen molar-refractivity contribution in [1.82, 2.24) is 0 Å². The second-order valence-corrected chi connectivity index (χ2v) is 5.07. The molecule has 0 heterocycles. The first-order valence-corrected chi connectivity index (χ1v) is 6.02. The summed E-state index contributed by atoms with van der Waals surface area (Å²) in [6.45, 7) is 0. The van der Waals surface area contributed by atoms with Gasteiger partial charge in [-0.1, -0.05) is 0 Å². The second kappa shape index (κ2) is 4.81. The summed E-state index contributed by atoms with van der Waals surface area (Å²) in [5.74, 6) is -5.61. The Morgan fingerprint density at radius 2 is 1.61 bits per heavy atom. The number of methoxy groups -OCH3 is 1. The third-order valence-electron chi connectivity index (χ3n) is 3.64. The number of rotatable bonds is 2. The Bertz CT molecular complexity index is 646. The van der Waals surface area contributed by atoms with Crippen LogP contribution in [0.15, 0.2) is 18.2 Å². The third-order valence-corrected chi connectivity index (χ3v) is 3.64. The maximum Gasteiger partial charge on any atom is 0.416 e. The molecule has 0 amide bonds. The van der Waals surface area contributed by atoms with Gasteiger partial charge in [-0.05, 0) is 23.8 Å². The lowest BCUT2D eigenvalue weighted by Gasteiger charge is -2.22. The fourth-order valence-electron chi connectivity index (χ4n) is 2.35. The lowest BCUT2D eigenvalue weighted by molar-refractivity contribution is -0.182. The van der Waals surface area contributed by atoms with Crippen LogP contribution in [0.25, 0.3) is 0 Å². The Balaban J connectivity index is 2.70. The third kappa shape index (κ3) is 2.63. The van der Waals surface area contributed by atoms with E-state index in [-0.39, 0.29) is 12.1 Å². The predicted octanol–water partition coefficient (Wildman–Crippen LogP) is 4.33. The van der Waals surface area contributed by atoms with E-state index in [0.29, 0.717) is 6.07 Å². The Morgan fingerprint density at radius 1 is 1.09 bits per heavy atom. The highest BCUT2D eigenvalue weighted by Gasteiger charge is 2.84. The smallest absolute Gasteiger partial charge is 0.416 e. The van der Waals surface area contributed by atoms with Crippen LogP contribution in [0.1, 0.15) is 27.9 Å². The molecule has 0 aromatic heterocycles. The Labute approximate surface area is 124 Å². The molecule has 0 saturated heterocycles. The number of esters is 1. The molecule has 1 saturated carbocycles. The molecular weight excluding hydrogens is 340 g/mol. The minimum absolute atomic E-state index is 0.0131. The number of benzene rings is 1. The number of ether oxygens (including phenoxy) is 1. The summed E-state index contributed by atoms with van der Waals surface area (Å²) in [6.07, 6.45) is -12.3. The zero-order valence-electron chi connectivity index (χ0n) is 11.3. The molecule has 1 atom stereocenters. The largest absolute Gasteiger partial charge is 0.465 e. The zero-order chi connectivity index (χ0) is 17.8. The van der Waals surface area contributed by atoms with Crippen LogP contribution in [0.5, 0.6) is 0 Å². The number of carbonyl (C=O) groups is 1. The van der Waals surface area contributed by atoms with Gasteiger partial charge < -0.3 is 4.74 Å². The van der Waals surface area contributed by atoms with E-state index in [2.05, 4.69) is 4.74 Å². The normalized spacial score (nSPS) is 23.5. The van der Waals surface area contributed by atoms with Gasteiger partial charge in [-0.3, -0.25) is 0 Å². The van der Waals surface area contributed by atoms with Gasteiger partial charge in [-0.2, -0.15) is 26.3 Å². The first kappa shape index (κ1) is 17.5. The second-order valence-electron chi connectivity index (χ2n) is 5.07. The van der Waals surface area contributed by atoms with Crippen molar-refractivity contribution in [1.29, 1.82) is 0 Å². The molecule has 10 heteroatoms. The van der Waals surface area contributed by atoms with Crippen molar-refractivity contribution >= 4 is 5.97 Å². The monoisotopic (exact) mass is 348 g/mol. The quantitative estimate of drug-likeness (QED) is 0.587. The highest BCUT2D eigenvalue weighted by molar-refractivity contribution is 5.90. The van der Waals surface area contributed by atoms with Crippen molar-refractivity contribution in [2.75, 3.05) is 7.11 Å². The Hall–Kier alpha value is -1.87. The average molecular weight is 348 g/mol. The van der Waals surface area contributed by atoms with Gasteiger partial charge in [0.05, 0.1) is 18.2 Å². The fourth-order valence-corrected chi connectivity index (χ4v) is 2.35. The summed E-state index contributed by atoms with van der Waals surface area (Å²) in [5.41, 5.74) is -7.57. The average Bonchev–Trinajstić information content (AvgIpc) is 3.01. The molecule has 2 nitrogen and oxygen atoms in total. The van der Waals surface area contributed by atoms with E-state index in [1.54, 1.807) is 0 Å². The van der Waals surface area contributed by atoms with Gasteiger partial charge in [-0.15, -0.1) is 0 Å². The van der Waals surface area contributed by atoms with Crippen LogP contribution in [-0.4, -0.2) is 25.2 Å². The summed E-state index contributed by atoms with van der Waals surface area (Å²) >= 11 is 0. The van der Waals surface area contributed by atoms with E-state index in [1.165, 1.54) is 0 Å². The van der Waals surface area contributed by atoms with Crippen LogP contribution in [0.3, 0.4) is 0 Å². The number of alkyl halides is 8. The first-order valence-electron chi connectivity index (χ1n) is 6.02. The van der Waals surface area contributed by atoms with E-state index >= 15 is 0 Å². The van der Waals surface area contributed by atoms with Crippen molar-refractivity contribution in [3.63, 3.8) is 0 Å². The van der Waals surface area contributed by atoms with Gasteiger partial charge in [0.1, 0.15) is 0 Å². The molecule has 1 fully saturated rings. The van der Waals surface area contributed by atoms with Crippen LogP contribution < -0.4 is 0 Å². The highest BCUT2D eigenvalue weighted by Crippen LogP contribution is 2.69. The zero-order valence-corrected chi connectivity index (χ0v) is 11.3. The van der Waals surface area contributed by atoms with Gasteiger partial charge in [0.15, 0.2) is 5.41 Å².